The molecular weight excluding hydrogens is 583 g/mol. The largest absolute Gasteiger partial charge is 0.497 e. The molecule has 1 aliphatic rings. The molecule has 0 fully saturated rings. The molecule has 5 aromatic rings. The molecule has 0 radical (unpaired) electrons. The second-order valence-electron chi connectivity index (χ2n) is 10.9. The predicted molar refractivity (Wildman–Crippen MR) is 167 cm³/mol. The van der Waals surface area contributed by atoms with Crippen LogP contribution in [0.1, 0.15) is 22.3 Å². The Morgan fingerprint density at radius 3 is 2.09 bits per heavy atom. The van der Waals surface area contributed by atoms with Gasteiger partial charge in [0.15, 0.2) is 0 Å². The second kappa shape index (κ2) is 12.1. The molecule has 3 heterocycles. The van der Waals surface area contributed by atoms with Crippen LogP contribution in [-0.2, 0) is 19.3 Å². The highest BCUT2D eigenvalue weighted by molar-refractivity contribution is 5.99. The Balaban J connectivity index is 1.56. The molecule has 0 spiro atoms. The van der Waals surface area contributed by atoms with E-state index in [4.69, 9.17) is 14.2 Å². The summed E-state index contributed by atoms with van der Waals surface area (Å²) in [5.41, 5.74) is 2.57. The quantitative estimate of drug-likeness (QED) is 0.184. The summed E-state index contributed by atoms with van der Waals surface area (Å²) in [6, 6.07) is 18.7. The van der Waals surface area contributed by atoms with Crippen molar-refractivity contribution >= 4 is 22.5 Å². The molecule has 11 heteroatoms. The molecule has 8 nitrogen and oxygen atoms in total. The number of anilines is 2. The van der Waals surface area contributed by atoms with Crippen molar-refractivity contribution in [1.29, 1.82) is 0 Å². The minimum absolute atomic E-state index is 0.0635. The molecule has 0 unspecified atom stereocenters. The molecule has 0 saturated carbocycles. The summed E-state index contributed by atoms with van der Waals surface area (Å²) in [5.74, 6) is 3.04. The number of pyridine rings is 1. The van der Waals surface area contributed by atoms with E-state index in [2.05, 4.69) is 15.0 Å². The van der Waals surface area contributed by atoms with Gasteiger partial charge in [-0.1, -0.05) is 24.3 Å². The highest BCUT2D eigenvalue weighted by Gasteiger charge is 2.35. The molecule has 6 rings (SSSR count). The Morgan fingerprint density at radius 2 is 1.51 bits per heavy atom. The number of hydrogen-bond donors (Lipinski definition) is 0. The van der Waals surface area contributed by atoms with E-state index in [-0.39, 0.29) is 5.56 Å². The number of alkyl halides is 3. The number of methoxy groups -OCH3 is 2. The highest BCUT2D eigenvalue weighted by atomic mass is 19.4. The highest BCUT2D eigenvalue weighted by Crippen LogP contribution is 2.44. The molecule has 45 heavy (non-hydrogen) atoms. The standard InChI is InChI=1S/C34H32F3N5O3/c1-21-27(34(35,36)37)17-38-33(30(21)24-15-28-31-29(16-24)45-14-13-41(2)32(31)40-20-39-28)42(18-22-5-9-25(43-3)10-6-22)19-23-7-11-26(44-4)12-8-23/h5-12,15-17,20H,13-14,18-19H2,1-4H3. The van der Waals surface area contributed by atoms with Crippen molar-refractivity contribution in [1.82, 2.24) is 15.0 Å². The number of halogens is 3. The Hall–Kier alpha value is -5.06. The van der Waals surface area contributed by atoms with Crippen molar-refractivity contribution in [3.05, 3.63) is 95.4 Å². The van der Waals surface area contributed by atoms with E-state index in [1.54, 1.807) is 26.4 Å². The summed E-state index contributed by atoms with van der Waals surface area (Å²) in [6.07, 6.45) is -2.21. The first-order chi connectivity index (χ1) is 21.7. The fourth-order valence-corrected chi connectivity index (χ4v) is 5.65. The Bertz CT molecular complexity index is 1780. The van der Waals surface area contributed by atoms with E-state index in [9.17, 15) is 13.2 Å². The van der Waals surface area contributed by atoms with Gasteiger partial charge in [-0.3, -0.25) is 0 Å². The van der Waals surface area contributed by atoms with Gasteiger partial charge >= 0.3 is 6.18 Å². The van der Waals surface area contributed by atoms with Crippen molar-refractivity contribution in [3.63, 3.8) is 0 Å². The van der Waals surface area contributed by atoms with Crippen LogP contribution in [-0.4, -0.2) is 49.4 Å². The van der Waals surface area contributed by atoms with Crippen LogP contribution in [0.5, 0.6) is 17.2 Å². The van der Waals surface area contributed by atoms with Gasteiger partial charge in [-0.05, 0) is 65.6 Å². The van der Waals surface area contributed by atoms with E-state index < -0.39 is 11.7 Å². The Morgan fingerprint density at radius 1 is 0.889 bits per heavy atom. The molecule has 1 aliphatic heterocycles. The minimum atomic E-state index is -4.60. The Labute approximate surface area is 259 Å². The first-order valence-corrected chi connectivity index (χ1v) is 14.4. The average molecular weight is 616 g/mol. The lowest BCUT2D eigenvalue weighted by atomic mass is 9.95. The normalized spacial score (nSPS) is 12.9. The zero-order chi connectivity index (χ0) is 31.7. The third-order valence-corrected chi connectivity index (χ3v) is 8.00. The van der Waals surface area contributed by atoms with E-state index in [1.807, 2.05) is 65.4 Å². The summed E-state index contributed by atoms with van der Waals surface area (Å²) in [5, 5.41) is 0.716. The van der Waals surface area contributed by atoms with E-state index in [0.29, 0.717) is 77.2 Å². The monoisotopic (exact) mass is 615 g/mol. The zero-order valence-electron chi connectivity index (χ0n) is 25.4. The van der Waals surface area contributed by atoms with Crippen LogP contribution in [0.2, 0.25) is 0 Å². The molecule has 0 N–H and O–H groups in total. The summed E-state index contributed by atoms with van der Waals surface area (Å²) < 4.78 is 59.8. The van der Waals surface area contributed by atoms with Gasteiger partial charge in [0, 0.05) is 31.9 Å². The molecule has 0 saturated heterocycles. The number of hydrogen-bond acceptors (Lipinski definition) is 8. The molecule has 0 amide bonds. The number of ether oxygens (including phenoxy) is 3. The van der Waals surface area contributed by atoms with E-state index in [0.717, 1.165) is 17.3 Å². The van der Waals surface area contributed by atoms with Gasteiger partial charge in [-0.15, -0.1) is 0 Å². The van der Waals surface area contributed by atoms with Gasteiger partial charge in [0.05, 0.1) is 37.2 Å². The molecule has 0 bridgehead atoms. The topological polar surface area (TPSA) is 72.8 Å². The number of aromatic nitrogens is 3. The maximum absolute atomic E-state index is 14.3. The molecule has 0 atom stereocenters. The zero-order valence-corrected chi connectivity index (χ0v) is 25.4. The summed E-state index contributed by atoms with van der Waals surface area (Å²) in [7, 11) is 5.12. The lowest BCUT2D eigenvalue weighted by Gasteiger charge is -2.29. The van der Waals surface area contributed by atoms with Crippen molar-refractivity contribution in [3.8, 4) is 28.4 Å². The average Bonchev–Trinajstić information content (AvgIpc) is 3.19. The lowest BCUT2D eigenvalue weighted by Crippen LogP contribution is -2.25. The maximum Gasteiger partial charge on any atom is 0.418 e. The number of benzene rings is 3. The van der Waals surface area contributed by atoms with Crippen molar-refractivity contribution in [2.45, 2.75) is 26.2 Å². The first kappa shape index (κ1) is 30.0. The maximum atomic E-state index is 14.3. The second-order valence-corrected chi connectivity index (χ2v) is 10.9. The van der Waals surface area contributed by atoms with Crippen LogP contribution in [0.15, 0.2) is 73.2 Å². The Kier molecular flexibility index (Phi) is 8.09. The van der Waals surface area contributed by atoms with Gasteiger partial charge in [0.1, 0.15) is 41.8 Å². The minimum Gasteiger partial charge on any atom is -0.497 e. The fourth-order valence-electron chi connectivity index (χ4n) is 5.65. The smallest absolute Gasteiger partial charge is 0.418 e. The van der Waals surface area contributed by atoms with Crippen LogP contribution in [0.3, 0.4) is 0 Å². The number of likely N-dealkylation sites (N-methyl/N-ethyl adjacent to an activating group) is 1. The first-order valence-electron chi connectivity index (χ1n) is 14.4. The van der Waals surface area contributed by atoms with E-state index in [1.165, 1.54) is 13.3 Å². The van der Waals surface area contributed by atoms with Gasteiger partial charge in [-0.25, -0.2) is 15.0 Å². The third-order valence-electron chi connectivity index (χ3n) is 8.00. The number of rotatable bonds is 8. The van der Waals surface area contributed by atoms with Crippen LogP contribution < -0.4 is 24.0 Å². The van der Waals surface area contributed by atoms with Crippen LogP contribution in [0.25, 0.3) is 22.0 Å². The molecule has 232 valence electrons. The summed E-state index contributed by atoms with van der Waals surface area (Å²) in [6.45, 7) is 3.22. The van der Waals surface area contributed by atoms with Crippen LogP contribution in [0.4, 0.5) is 24.8 Å². The lowest BCUT2D eigenvalue weighted by molar-refractivity contribution is -0.138. The molecule has 2 aromatic heterocycles. The van der Waals surface area contributed by atoms with Crippen molar-refractivity contribution in [2.24, 2.45) is 0 Å². The van der Waals surface area contributed by atoms with Crippen LogP contribution in [0, 0.1) is 6.92 Å². The van der Waals surface area contributed by atoms with Gasteiger partial charge < -0.3 is 24.0 Å². The fraction of sp³-hybridized carbons (Fsp3) is 0.265. The molecular formula is C34H32F3N5O3. The molecule has 3 aromatic carbocycles. The summed E-state index contributed by atoms with van der Waals surface area (Å²) >= 11 is 0. The summed E-state index contributed by atoms with van der Waals surface area (Å²) in [4.78, 5) is 17.4. The predicted octanol–water partition coefficient (Wildman–Crippen LogP) is 7.07. The SMILES string of the molecule is COc1ccc(CN(Cc2ccc(OC)cc2)c2ncc(C(F)(F)F)c(C)c2-c2cc3c4c(ncnc4c2)N(C)CCO3)cc1. The van der Waals surface area contributed by atoms with Gasteiger partial charge in [0.2, 0.25) is 0 Å². The molecule has 0 aliphatic carbocycles. The number of nitrogens with zero attached hydrogens (tertiary/aromatic N) is 5. The van der Waals surface area contributed by atoms with Crippen molar-refractivity contribution in [2.75, 3.05) is 44.2 Å². The van der Waals surface area contributed by atoms with Gasteiger partial charge in [-0.2, -0.15) is 13.2 Å². The van der Waals surface area contributed by atoms with Gasteiger partial charge in [0.25, 0.3) is 0 Å². The van der Waals surface area contributed by atoms with E-state index >= 15 is 0 Å². The third kappa shape index (κ3) is 6.02. The van der Waals surface area contributed by atoms with Crippen molar-refractivity contribution < 1.29 is 27.4 Å². The van der Waals surface area contributed by atoms with Crippen LogP contribution >= 0.6 is 0 Å².